The van der Waals surface area contributed by atoms with Crippen LogP contribution >= 0.6 is 0 Å². The Hall–Kier alpha value is -2.05. The van der Waals surface area contributed by atoms with E-state index in [-0.39, 0.29) is 11.5 Å². The average molecular weight is 250 g/mol. The van der Waals surface area contributed by atoms with Crippen LogP contribution in [0.4, 0.5) is 4.39 Å². The minimum absolute atomic E-state index is 0.00757. The molecule has 1 aromatic heterocycles. The number of benzene rings is 1. The van der Waals surface area contributed by atoms with Crippen molar-refractivity contribution in [1.29, 1.82) is 0 Å². The Labute approximate surface area is 102 Å². The first kappa shape index (κ1) is 12.4. The predicted molar refractivity (Wildman–Crippen MR) is 60.6 cm³/mol. The highest BCUT2D eigenvalue weighted by atomic mass is 19.1. The monoisotopic (exact) mass is 250 g/mol. The molecule has 0 fully saturated rings. The minimum Gasteiger partial charge on any atom is -0.710 e. The van der Waals surface area contributed by atoms with E-state index in [2.05, 4.69) is 4.98 Å². The summed E-state index contributed by atoms with van der Waals surface area (Å²) in [6.07, 6.45) is 0.0751. The van der Waals surface area contributed by atoms with Crippen molar-refractivity contribution in [3.05, 3.63) is 53.2 Å². The van der Waals surface area contributed by atoms with Crippen LogP contribution in [0.25, 0.3) is 11.4 Å². The van der Waals surface area contributed by atoms with Gasteiger partial charge in [-0.05, 0) is 29.2 Å². The van der Waals surface area contributed by atoms with Gasteiger partial charge in [0.2, 0.25) is 0 Å². The lowest BCUT2D eigenvalue weighted by Crippen LogP contribution is -2.37. The van der Waals surface area contributed by atoms with Gasteiger partial charge in [-0.15, -0.1) is 0 Å². The zero-order chi connectivity index (χ0) is 13.1. The zero-order valence-corrected chi connectivity index (χ0v) is 9.32. The third-order valence-corrected chi connectivity index (χ3v) is 2.49. The van der Waals surface area contributed by atoms with E-state index in [1.165, 1.54) is 36.5 Å². The van der Waals surface area contributed by atoms with Gasteiger partial charge >= 0.3 is 5.82 Å². The van der Waals surface area contributed by atoms with E-state index in [1.54, 1.807) is 0 Å². The second-order valence-electron chi connectivity index (χ2n) is 3.69. The fraction of sp³-hybridized carbons (Fsp3) is 0.167. The van der Waals surface area contributed by atoms with Crippen molar-refractivity contribution in [1.82, 2.24) is 4.98 Å². The van der Waals surface area contributed by atoms with Crippen molar-refractivity contribution in [2.75, 3.05) is 6.61 Å². The molecule has 1 atom stereocenters. The maximum Gasteiger partial charge on any atom is 0.333 e. The lowest BCUT2D eigenvalue weighted by Gasteiger charge is -2.14. The number of aromatic nitrogens is 2. The first-order chi connectivity index (χ1) is 8.63. The fourth-order valence-corrected chi connectivity index (χ4v) is 1.56. The van der Waals surface area contributed by atoms with Crippen molar-refractivity contribution in [3.63, 3.8) is 0 Å². The molecule has 0 bridgehead atoms. The molecule has 5 nitrogen and oxygen atoms in total. The first-order valence-corrected chi connectivity index (χ1v) is 5.27. The number of hydrogen-bond donors (Lipinski definition) is 2. The van der Waals surface area contributed by atoms with E-state index in [1.807, 2.05) is 0 Å². The standard InChI is InChI=1S/C12H11FN2O3/c13-9-3-1-8(2-4-9)12-14-6-5-10(15(12)18)11(17)7-16/h1-6,11,16-17H,7H2. The topological polar surface area (TPSA) is 80.3 Å². The number of rotatable bonds is 3. The van der Waals surface area contributed by atoms with E-state index < -0.39 is 18.5 Å². The van der Waals surface area contributed by atoms with Crippen LogP contribution in [0.15, 0.2) is 36.5 Å². The number of hydrogen-bond acceptors (Lipinski definition) is 4. The third-order valence-electron chi connectivity index (χ3n) is 2.49. The van der Waals surface area contributed by atoms with Crippen molar-refractivity contribution in [2.45, 2.75) is 6.10 Å². The Balaban J connectivity index is 2.49. The maximum absolute atomic E-state index is 12.8. The molecule has 0 spiro atoms. The summed E-state index contributed by atoms with van der Waals surface area (Å²) in [4.78, 5) is 3.89. The summed E-state index contributed by atoms with van der Waals surface area (Å²) in [5.74, 6) is -0.372. The molecule has 0 radical (unpaired) electrons. The maximum atomic E-state index is 12.8. The molecule has 0 aliphatic rings. The van der Waals surface area contributed by atoms with Gasteiger partial charge in [0.1, 0.15) is 23.8 Å². The van der Waals surface area contributed by atoms with Crippen molar-refractivity contribution < 1.29 is 19.3 Å². The molecule has 0 aliphatic heterocycles. The van der Waals surface area contributed by atoms with Crippen LogP contribution < -0.4 is 4.73 Å². The summed E-state index contributed by atoms with van der Waals surface area (Å²) in [6.45, 7) is -0.560. The van der Waals surface area contributed by atoms with Crippen LogP contribution in [-0.4, -0.2) is 21.8 Å². The number of aliphatic hydroxyl groups excluding tert-OH is 2. The normalized spacial score (nSPS) is 12.4. The first-order valence-electron chi connectivity index (χ1n) is 5.27. The second-order valence-corrected chi connectivity index (χ2v) is 3.69. The van der Waals surface area contributed by atoms with Crippen molar-refractivity contribution in [3.8, 4) is 11.4 Å². The van der Waals surface area contributed by atoms with E-state index in [0.717, 1.165) is 0 Å². The Morgan fingerprint density at radius 3 is 2.56 bits per heavy atom. The van der Waals surface area contributed by atoms with Crippen LogP contribution in [0.1, 0.15) is 11.8 Å². The fourth-order valence-electron chi connectivity index (χ4n) is 1.56. The third kappa shape index (κ3) is 2.29. The van der Waals surface area contributed by atoms with Gasteiger partial charge < -0.3 is 15.4 Å². The molecule has 2 aromatic rings. The molecule has 1 heterocycles. The van der Waals surface area contributed by atoms with E-state index in [4.69, 9.17) is 5.11 Å². The van der Waals surface area contributed by atoms with Crippen molar-refractivity contribution >= 4 is 0 Å². The number of aliphatic hydroxyl groups is 2. The molecule has 1 unspecified atom stereocenters. The largest absolute Gasteiger partial charge is 0.710 e. The van der Waals surface area contributed by atoms with Gasteiger partial charge in [0, 0.05) is 6.07 Å². The van der Waals surface area contributed by atoms with Crippen LogP contribution in [0.5, 0.6) is 0 Å². The summed E-state index contributed by atoms with van der Waals surface area (Å²) in [6, 6.07) is 6.58. The van der Waals surface area contributed by atoms with Gasteiger partial charge in [0.05, 0.1) is 12.2 Å². The quantitative estimate of drug-likeness (QED) is 0.615. The molecular formula is C12H11FN2O3. The Morgan fingerprint density at radius 1 is 1.28 bits per heavy atom. The molecule has 2 N–H and O–H groups in total. The molecule has 94 valence electrons. The predicted octanol–water partition coefficient (Wildman–Crippen LogP) is 0.547. The van der Waals surface area contributed by atoms with Gasteiger partial charge in [0.25, 0.3) is 0 Å². The molecule has 0 saturated carbocycles. The highest BCUT2D eigenvalue weighted by molar-refractivity contribution is 5.51. The molecular weight excluding hydrogens is 239 g/mol. The van der Waals surface area contributed by atoms with Gasteiger partial charge in [-0.3, -0.25) is 0 Å². The Bertz CT molecular complexity index is 546. The van der Waals surface area contributed by atoms with E-state index >= 15 is 0 Å². The van der Waals surface area contributed by atoms with Crippen LogP contribution in [0, 0.1) is 11.0 Å². The van der Waals surface area contributed by atoms with Gasteiger partial charge in [-0.25, -0.2) is 9.12 Å². The van der Waals surface area contributed by atoms with Crippen LogP contribution in [0.2, 0.25) is 0 Å². The van der Waals surface area contributed by atoms with Gasteiger partial charge in [-0.1, -0.05) is 0 Å². The summed E-state index contributed by atoms with van der Waals surface area (Å²) in [5, 5.41) is 30.2. The highest BCUT2D eigenvalue weighted by Gasteiger charge is 2.18. The molecule has 6 heteroatoms. The Morgan fingerprint density at radius 2 is 1.94 bits per heavy atom. The molecule has 1 aromatic carbocycles. The number of nitrogens with zero attached hydrogens (tertiary/aromatic N) is 2. The molecule has 0 saturated heterocycles. The lowest BCUT2D eigenvalue weighted by atomic mass is 10.2. The summed E-state index contributed by atoms with van der Waals surface area (Å²) < 4.78 is 13.2. The van der Waals surface area contributed by atoms with Crippen LogP contribution in [0.3, 0.4) is 0 Å². The smallest absolute Gasteiger partial charge is 0.333 e. The molecule has 2 rings (SSSR count). The van der Waals surface area contributed by atoms with Crippen LogP contribution in [-0.2, 0) is 0 Å². The molecule has 18 heavy (non-hydrogen) atoms. The average Bonchev–Trinajstić information content (AvgIpc) is 2.39. The zero-order valence-electron chi connectivity index (χ0n) is 9.32. The highest BCUT2D eigenvalue weighted by Crippen LogP contribution is 2.15. The summed E-state index contributed by atoms with van der Waals surface area (Å²) in [5.41, 5.74) is 0.421. The van der Waals surface area contributed by atoms with E-state index in [9.17, 15) is 14.7 Å². The Kier molecular flexibility index (Phi) is 3.50. The summed E-state index contributed by atoms with van der Waals surface area (Å²) in [7, 11) is 0. The lowest BCUT2D eigenvalue weighted by molar-refractivity contribution is -0.610. The summed E-state index contributed by atoms with van der Waals surface area (Å²) >= 11 is 0. The number of halogens is 1. The SMILES string of the molecule is [O-][n+]1c(C(O)CO)ccnc1-c1ccc(F)cc1. The minimum atomic E-state index is -1.27. The van der Waals surface area contributed by atoms with Crippen molar-refractivity contribution in [2.24, 2.45) is 0 Å². The van der Waals surface area contributed by atoms with Gasteiger partial charge in [-0.2, -0.15) is 0 Å². The second kappa shape index (κ2) is 5.07. The molecule has 0 amide bonds. The van der Waals surface area contributed by atoms with Gasteiger partial charge in [0.15, 0.2) is 0 Å². The molecule has 0 aliphatic carbocycles. The van der Waals surface area contributed by atoms with E-state index in [0.29, 0.717) is 10.3 Å².